The Bertz CT molecular complexity index is 827. The minimum atomic E-state index is 0.186. The summed E-state index contributed by atoms with van der Waals surface area (Å²) in [6.07, 6.45) is 4.91. The number of hydrogen-bond donors (Lipinski definition) is 0. The number of hydrogen-bond acceptors (Lipinski definition) is 6. The average molecular weight is 385 g/mol. The van der Waals surface area contributed by atoms with Crippen LogP contribution in [0.3, 0.4) is 0 Å². The summed E-state index contributed by atoms with van der Waals surface area (Å²) in [7, 11) is 0. The number of carbonyl (C=O) groups excluding carboxylic acids is 1. The van der Waals surface area contributed by atoms with Crippen LogP contribution in [-0.4, -0.2) is 40.8 Å². The molecule has 2 aromatic rings. The number of aromatic nitrogens is 2. The second kappa shape index (κ2) is 8.20. The predicted molar refractivity (Wildman–Crippen MR) is 103 cm³/mol. The predicted octanol–water partition coefficient (Wildman–Crippen LogP) is 3.68. The van der Waals surface area contributed by atoms with Crippen molar-refractivity contribution in [3.8, 4) is 22.9 Å². The Kier molecular flexibility index (Phi) is 5.50. The fraction of sp³-hybridized carbons (Fsp3) is 0.571. The highest BCUT2D eigenvalue weighted by molar-refractivity contribution is 5.79. The zero-order valence-corrected chi connectivity index (χ0v) is 16.5. The smallest absolute Gasteiger partial charge is 0.231 e. The van der Waals surface area contributed by atoms with Gasteiger partial charge < -0.3 is 18.9 Å². The Balaban J connectivity index is 1.41. The van der Waals surface area contributed by atoms with Crippen molar-refractivity contribution in [2.75, 3.05) is 19.9 Å². The molecule has 1 aromatic heterocycles. The Morgan fingerprint density at radius 1 is 1.21 bits per heavy atom. The van der Waals surface area contributed by atoms with Crippen LogP contribution in [0.5, 0.6) is 11.5 Å². The van der Waals surface area contributed by atoms with E-state index in [1.54, 1.807) is 0 Å². The maximum absolute atomic E-state index is 12.9. The molecule has 1 fully saturated rings. The van der Waals surface area contributed by atoms with Crippen LogP contribution in [0.25, 0.3) is 11.4 Å². The quantitative estimate of drug-likeness (QED) is 0.723. The van der Waals surface area contributed by atoms with Crippen LogP contribution in [0.1, 0.15) is 45.4 Å². The van der Waals surface area contributed by atoms with Gasteiger partial charge in [-0.1, -0.05) is 31.8 Å². The second-order valence-corrected chi connectivity index (χ2v) is 7.99. The van der Waals surface area contributed by atoms with Gasteiger partial charge in [0.15, 0.2) is 11.5 Å². The molecule has 1 aliphatic heterocycles. The molecule has 1 saturated carbocycles. The van der Waals surface area contributed by atoms with Crippen molar-refractivity contribution < 1.29 is 18.8 Å². The van der Waals surface area contributed by atoms with Crippen molar-refractivity contribution in [3.63, 3.8) is 0 Å². The van der Waals surface area contributed by atoms with Crippen LogP contribution < -0.4 is 9.47 Å². The van der Waals surface area contributed by atoms with Crippen LogP contribution in [0, 0.1) is 11.8 Å². The maximum atomic E-state index is 12.9. The van der Waals surface area contributed by atoms with Gasteiger partial charge in [0.2, 0.25) is 24.4 Å². The summed E-state index contributed by atoms with van der Waals surface area (Å²) in [6, 6.07) is 5.58. The highest BCUT2D eigenvalue weighted by Gasteiger charge is 2.28. The first-order chi connectivity index (χ1) is 13.6. The van der Waals surface area contributed by atoms with Crippen molar-refractivity contribution in [1.29, 1.82) is 0 Å². The Morgan fingerprint density at radius 3 is 2.79 bits per heavy atom. The number of benzene rings is 1. The Morgan fingerprint density at radius 2 is 2.00 bits per heavy atom. The van der Waals surface area contributed by atoms with Gasteiger partial charge >= 0.3 is 0 Å². The number of carbonyl (C=O) groups is 1. The van der Waals surface area contributed by atoms with E-state index in [-0.39, 0.29) is 18.6 Å². The van der Waals surface area contributed by atoms with Crippen molar-refractivity contribution in [3.05, 3.63) is 24.1 Å². The highest BCUT2D eigenvalue weighted by Crippen LogP contribution is 2.35. The second-order valence-electron chi connectivity index (χ2n) is 7.99. The van der Waals surface area contributed by atoms with Gasteiger partial charge in [-0.25, -0.2) is 0 Å². The molecule has 2 aliphatic rings. The van der Waals surface area contributed by atoms with Crippen molar-refractivity contribution in [1.82, 2.24) is 15.0 Å². The standard InChI is InChI=1S/C21H27N3O4/c1-14(2)12-24(21(25)15-5-3-4-6-15)10-9-19-22-20(23-28-19)16-7-8-17-18(11-16)27-13-26-17/h7-8,11,14-15H,3-6,9-10,12-13H2,1-2H3. The lowest BCUT2D eigenvalue weighted by Crippen LogP contribution is -2.39. The van der Waals surface area contributed by atoms with E-state index in [0.717, 1.165) is 43.5 Å². The monoisotopic (exact) mass is 385 g/mol. The van der Waals surface area contributed by atoms with Gasteiger partial charge in [0.25, 0.3) is 0 Å². The van der Waals surface area contributed by atoms with Crippen LogP contribution in [0.2, 0.25) is 0 Å². The van der Waals surface area contributed by atoms with Gasteiger partial charge in [-0.3, -0.25) is 4.79 Å². The summed E-state index contributed by atoms with van der Waals surface area (Å²) in [5.41, 5.74) is 0.820. The first-order valence-electron chi connectivity index (χ1n) is 10.1. The van der Waals surface area contributed by atoms with Gasteiger partial charge in [0.1, 0.15) is 0 Å². The van der Waals surface area contributed by atoms with Crippen LogP contribution in [0.15, 0.2) is 22.7 Å². The molecule has 0 atom stereocenters. The summed E-state index contributed by atoms with van der Waals surface area (Å²) < 4.78 is 16.2. The molecule has 0 unspecified atom stereocenters. The number of ether oxygens (including phenoxy) is 2. The van der Waals surface area contributed by atoms with E-state index < -0.39 is 0 Å². The third-order valence-corrected chi connectivity index (χ3v) is 5.30. The van der Waals surface area contributed by atoms with Gasteiger partial charge in [-0.2, -0.15) is 4.98 Å². The van der Waals surface area contributed by atoms with Crippen molar-refractivity contribution in [2.45, 2.75) is 46.0 Å². The van der Waals surface area contributed by atoms with Gasteiger partial charge in [0.05, 0.1) is 0 Å². The molecular weight excluding hydrogens is 358 g/mol. The summed E-state index contributed by atoms with van der Waals surface area (Å²) in [5.74, 6) is 3.37. The highest BCUT2D eigenvalue weighted by atomic mass is 16.7. The van der Waals surface area contributed by atoms with Crippen molar-refractivity contribution >= 4 is 5.91 Å². The molecule has 7 nitrogen and oxygen atoms in total. The molecule has 0 N–H and O–H groups in total. The third kappa shape index (κ3) is 4.13. The number of nitrogens with zero attached hydrogens (tertiary/aromatic N) is 3. The molecule has 7 heteroatoms. The van der Waals surface area contributed by atoms with Crippen LogP contribution >= 0.6 is 0 Å². The number of rotatable bonds is 7. The molecule has 0 saturated heterocycles. The van der Waals surface area contributed by atoms with E-state index >= 15 is 0 Å². The van der Waals surface area contributed by atoms with Crippen LogP contribution in [-0.2, 0) is 11.2 Å². The molecule has 150 valence electrons. The van der Waals surface area contributed by atoms with E-state index in [1.165, 1.54) is 0 Å². The van der Waals surface area contributed by atoms with Gasteiger partial charge in [-0.15, -0.1) is 0 Å². The lowest BCUT2D eigenvalue weighted by Gasteiger charge is -2.26. The van der Waals surface area contributed by atoms with E-state index in [2.05, 4.69) is 24.0 Å². The number of fused-ring (bicyclic) bond motifs is 1. The maximum Gasteiger partial charge on any atom is 0.231 e. The minimum absolute atomic E-state index is 0.186. The SMILES string of the molecule is CC(C)CN(CCc1nc(-c2ccc3c(c2)OCO3)no1)C(=O)C1CCCC1. The molecule has 1 amide bonds. The van der Waals surface area contributed by atoms with E-state index in [0.29, 0.717) is 36.3 Å². The molecule has 0 bridgehead atoms. The molecular formula is C21H27N3O4. The molecule has 28 heavy (non-hydrogen) atoms. The first-order valence-corrected chi connectivity index (χ1v) is 10.1. The van der Waals surface area contributed by atoms with Crippen molar-refractivity contribution in [2.24, 2.45) is 11.8 Å². The zero-order valence-electron chi connectivity index (χ0n) is 16.5. The normalized spacial score (nSPS) is 16.1. The summed E-state index contributed by atoms with van der Waals surface area (Å²) in [4.78, 5) is 19.3. The van der Waals surface area contributed by atoms with Gasteiger partial charge in [-0.05, 0) is 37.0 Å². The third-order valence-electron chi connectivity index (χ3n) is 5.30. The molecule has 0 radical (unpaired) electrons. The van der Waals surface area contributed by atoms with E-state index in [4.69, 9.17) is 14.0 Å². The van der Waals surface area contributed by atoms with E-state index in [9.17, 15) is 4.79 Å². The lowest BCUT2D eigenvalue weighted by molar-refractivity contribution is -0.135. The molecule has 0 spiro atoms. The fourth-order valence-corrected chi connectivity index (χ4v) is 3.90. The average Bonchev–Trinajstić information content (AvgIpc) is 3.45. The lowest BCUT2D eigenvalue weighted by atomic mass is 10.1. The summed E-state index contributed by atoms with van der Waals surface area (Å²) >= 11 is 0. The largest absolute Gasteiger partial charge is 0.454 e. The molecule has 4 rings (SSSR count). The Hall–Kier alpha value is -2.57. The summed E-state index contributed by atoms with van der Waals surface area (Å²) in [5, 5.41) is 4.09. The molecule has 1 aromatic carbocycles. The minimum Gasteiger partial charge on any atom is -0.454 e. The fourth-order valence-electron chi connectivity index (χ4n) is 3.90. The van der Waals surface area contributed by atoms with Crippen LogP contribution in [0.4, 0.5) is 0 Å². The first kappa shape index (κ1) is 18.8. The Labute approximate surface area is 165 Å². The zero-order chi connectivity index (χ0) is 19.5. The summed E-state index contributed by atoms with van der Waals surface area (Å²) in [6.45, 7) is 5.88. The van der Waals surface area contributed by atoms with E-state index in [1.807, 2.05) is 23.1 Å². The molecule has 2 heterocycles. The molecule has 1 aliphatic carbocycles. The topological polar surface area (TPSA) is 77.7 Å². The number of amides is 1. The van der Waals surface area contributed by atoms with Gasteiger partial charge in [0, 0.05) is 31.0 Å².